The molecule has 1 fully saturated rings. The molecule has 0 aliphatic carbocycles. The van der Waals surface area contributed by atoms with E-state index in [4.69, 9.17) is 9.47 Å². The lowest BCUT2D eigenvalue weighted by Gasteiger charge is -2.29. The smallest absolute Gasteiger partial charge is 0.317 e. The lowest BCUT2D eigenvalue weighted by Crippen LogP contribution is -2.47. The first-order valence-corrected chi connectivity index (χ1v) is 9.50. The quantitative estimate of drug-likeness (QED) is 0.622. The third-order valence-electron chi connectivity index (χ3n) is 4.82. The van der Waals surface area contributed by atoms with Crippen LogP contribution in [0.5, 0.6) is 11.5 Å². The van der Waals surface area contributed by atoms with Gasteiger partial charge in [0.15, 0.2) is 0 Å². The molecule has 8 nitrogen and oxygen atoms in total. The molecule has 152 valence electrons. The van der Waals surface area contributed by atoms with Crippen LogP contribution >= 0.6 is 0 Å². The Bertz CT molecular complexity index is 686. The zero-order valence-electron chi connectivity index (χ0n) is 15.8. The fraction of sp³-hybridized carbons (Fsp3) is 0.500. The molecule has 2 atom stereocenters. The largest absolute Gasteiger partial charge is 0.508 e. The van der Waals surface area contributed by atoms with Gasteiger partial charge in [0.05, 0.1) is 24.9 Å². The molecular formula is C20H27N3O5. The molecule has 0 aromatic heterocycles. The number of nitrogens with one attached hydrogen (secondary N) is 1. The van der Waals surface area contributed by atoms with Gasteiger partial charge in [-0.15, -0.1) is 0 Å². The summed E-state index contributed by atoms with van der Waals surface area (Å²) in [6.07, 6.45) is 5.80. The molecule has 2 aliphatic heterocycles. The number of amides is 2. The summed E-state index contributed by atoms with van der Waals surface area (Å²) in [5.41, 5.74) is -0.546. The second-order valence-electron chi connectivity index (χ2n) is 6.99. The molecule has 2 amide bonds. The maximum absolute atomic E-state index is 12.2. The lowest BCUT2D eigenvalue weighted by atomic mass is 9.90. The van der Waals surface area contributed by atoms with Gasteiger partial charge in [-0.05, 0) is 36.8 Å². The van der Waals surface area contributed by atoms with Crippen molar-refractivity contribution in [2.75, 3.05) is 39.5 Å². The minimum atomic E-state index is -0.719. The van der Waals surface area contributed by atoms with Gasteiger partial charge in [-0.25, -0.2) is 4.79 Å². The summed E-state index contributed by atoms with van der Waals surface area (Å²) in [4.78, 5) is 18.5. The molecule has 1 saturated heterocycles. The van der Waals surface area contributed by atoms with E-state index in [1.807, 2.05) is 12.2 Å². The highest BCUT2D eigenvalue weighted by Crippen LogP contribution is 2.27. The van der Waals surface area contributed by atoms with Crippen LogP contribution in [-0.2, 0) is 4.74 Å². The fourth-order valence-electron chi connectivity index (χ4n) is 3.29. The van der Waals surface area contributed by atoms with E-state index in [1.54, 1.807) is 23.2 Å². The van der Waals surface area contributed by atoms with Gasteiger partial charge in [0.1, 0.15) is 18.1 Å². The van der Waals surface area contributed by atoms with Gasteiger partial charge in [0.25, 0.3) is 0 Å². The van der Waals surface area contributed by atoms with E-state index < -0.39 is 11.6 Å². The van der Waals surface area contributed by atoms with Gasteiger partial charge in [-0.1, -0.05) is 6.08 Å². The number of allylic oxidation sites excluding steroid dienone is 1. The molecular weight excluding hydrogens is 362 g/mol. The molecule has 0 saturated carbocycles. The van der Waals surface area contributed by atoms with Crippen molar-refractivity contribution >= 4 is 12.2 Å². The number of hydrogen-bond acceptors (Lipinski definition) is 6. The minimum Gasteiger partial charge on any atom is -0.508 e. The fourth-order valence-corrected chi connectivity index (χ4v) is 3.29. The van der Waals surface area contributed by atoms with Crippen LogP contribution in [0.1, 0.15) is 12.8 Å². The number of benzene rings is 1. The molecule has 2 unspecified atom stereocenters. The summed E-state index contributed by atoms with van der Waals surface area (Å²) in [6.45, 7) is 2.92. The molecule has 3 rings (SSSR count). The average Bonchev–Trinajstić information content (AvgIpc) is 3.16. The van der Waals surface area contributed by atoms with Crippen LogP contribution in [0.25, 0.3) is 0 Å². The first-order chi connectivity index (χ1) is 13.6. The number of aliphatic imine (C=N–C) groups is 1. The number of morpholine rings is 1. The lowest BCUT2D eigenvalue weighted by molar-refractivity contribution is 0.0530. The van der Waals surface area contributed by atoms with Gasteiger partial charge in [0.2, 0.25) is 0 Å². The first-order valence-electron chi connectivity index (χ1n) is 9.50. The van der Waals surface area contributed by atoms with Crippen molar-refractivity contribution in [1.82, 2.24) is 10.2 Å². The van der Waals surface area contributed by atoms with Gasteiger partial charge >= 0.3 is 6.03 Å². The third kappa shape index (κ3) is 5.71. The number of aliphatic hydroxyl groups excluding tert-OH is 1. The van der Waals surface area contributed by atoms with Crippen molar-refractivity contribution in [1.29, 1.82) is 0 Å². The highest BCUT2D eigenvalue weighted by Gasteiger charge is 2.31. The maximum Gasteiger partial charge on any atom is 0.317 e. The van der Waals surface area contributed by atoms with Gasteiger partial charge in [-0.2, -0.15) is 0 Å². The van der Waals surface area contributed by atoms with Crippen molar-refractivity contribution in [3.05, 3.63) is 36.4 Å². The minimum absolute atomic E-state index is 0.0966. The van der Waals surface area contributed by atoms with Gasteiger partial charge in [-0.3, -0.25) is 4.99 Å². The van der Waals surface area contributed by atoms with Crippen molar-refractivity contribution < 1.29 is 24.5 Å². The van der Waals surface area contributed by atoms with E-state index in [1.165, 1.54) is 12.1 Å². The van der Waals surface area contributed by atoms with Crippen LogP contribution in [-0.4, -0.2) is 78.5 Å². The van der Waals surface area contributed by atoms with Gasteiger partial charge < -0.3 is 29.9 Å². The number of aliphatic hydroxyl groups is 1. The van der Waals surface area contributed by atoms with Crippen molar-refractivity contribution in [2.45, 2.75) is 24.5 Å². The van der Waals surface area contributed by atoms with Crippen LogP contribution in [0, 0.1) is 0 Å². The number of hydrogen-bond donors (Lipinski definition) is 3. The second kappa shape index (κ2) is 9.57. The number of rotatable bonds is 8. The van der Waals surface area contributed by atoms with E-state index in [0.29, 0.717) is 51.4 Å². The molecule has 8 heteroatoms. The Balaban J connectivity index is 1.45. The molecule has 3 N–H and O–H groups in total. The SMILES string of the molecule is O=C(NCCC1(CC(O)COc2ccc(O)cc2)C=CC=N1)N1CCOCC1. The molecule has 0 bridgehead atoms. The summed E-state index contributed by atoms with van der Waals surface area (Å²) in [5.74, 6) is 0.741. The summed E-state index contributed by atoms with van der Waals surface area (Å²) in [5, 5.41) is 22.6. The zero-order valence-corrected chi connectivity index (χ0v) is 15.8. The van der Waals surface area contributed by atoms with Crippen molar-refractivity contribution in [3.63, 3.8) is 0 Å². The number of ether oxygens (including phenoxy) is 2. The molecule has 1 aromatic rings. The van der Waals surface area contributed by atoms with Crippen LogP contribution in [0.2, 0.25) is 0 Å². The maximum atomic E-state index is 12.2. The number of phenols is 1. The standard InChI is InChI=1S/C20H27N3O5/c24-16-2-4-18(5-3-16)28-15-17(25)14-20(6-1-8-22-20)7-9-21-19(26)23-10-12-27-13-11-23/h1-6,8,17,24-25H,7,9-15H2,(H,21,26). The van der Waals surface area contributed by atoms with Crippen molar-refractivity contribution in [3.8, 4) is 11.5 Å². The number of aromatic hydroxyl groups is 1. The number of carbonyl (C=O) groups is 1. The van der Waals surface area contributed by atoms with Crippen molar-refractivity contribution in [2.24, 2.45) is 4.99 Å². The molecule has 28 heavy (non-hydrogen) atoms. The molecule has 0 radical (unpaired) electrons. The molecule has 2 heterocycles. The highest BCUT2D eigenvalue weighted by atomic mass is 16.5. The Hall–Kier alpha value is -2.58. The molecule has 0 spiro atoms. The Morgan fingerprint density at radius 2 is 2.07 bits per heavy atom. The number of nitrogens with zero attached hydrogens (tertiary/aromatic N) is 2. The normalized spacial score (nSPS) is 22.2. The monoisotopic (exact) mass is 389 g/mol. The Kier molecular flexibility index (Phi) is 6.89. The van der Waals surface area contributed by atoms with Gasteiger partial charge in [0, 0.05) is 32.3 Å². The first kappa shape index (κ1) is 20.2. The number of urea groups is 1. The van der Waals surface area contributed by atoms with Crippen LogP contribution in [0.15, 0.2) is 41.4 Å². The Labute approximate surface area is 164 Å². The van der Waals surface area contributed by atoms with E-state index in [9.17, 15) is 15.0 Å². The topological polar surface area (TPSA) is 104 Å². The second-order valence-corrected chi connectivity index (χ2v) is 6.99. The Morgan fingerprint density at radius 3 is 2.75 bits per heavy atom. The molecule has 1 aromatic carbocycles. The predicted molar refractivity (Wildman–Crippen MR) is 105 cm³/mol. The summed E-state index contributed by atoms with van der Waals surface area (Å²) >= 11 is 0. The van der Waals surface area contributed by atoms with Crippen LogP contribution in [0.4, 0.5) is 4.79 Å². The third-order valence-corrected chi connectivity index (χ3v) is 4.82. The number of phenolic OH excluding ortho intramolecular Hbond substituents is 1. The van der Waals surface area contributed by atoms with E-state index >= 15 is 0 Å². The summed E-state index contributed by atoms with van der Waals surface area (Å²) in [7, 11) is 0. The van der Waals surface area contributed by atoms with Crippen LogP contribution < -0.4 is 10.1 Å². The van der Waals surface area contributed by atoms with Crippen LogP contribution in [0.3, 0.4) is 0 Å². The number of carbonyl (C=O) groups excluding carboxylic acids is 1. The van der Waals surface area contributed by atoms with E-state index in [-0.39, 0.29) is 18.4 Å². The summed E-state index contributed by atoms with van der Waals surface area (Å²) in [6, 6.07) is 6.26. The Morgan fingerprint density at radius 1 is 1.32 bits per heavy atom. The van der Waals surface area contributed by atoms with E-state index in [0.717, 1.165) is 0 Å². The highest BCUT2D eigenvalue weighted by molar-refractivity contribution is 5.75. The zero-order chi connectivity index (χ0) is 19.8. The van der Waals surface area contributed by atoms with E-state index in [2.05, 4.69) is 10.3 Å². The molecule has 2 aliphatic rings. The average molecular weight is 389 g/mol. The predicted octanol–water partition coefficient (Wildman–Crippen LogP) is 1.33. The summed E-state index contributed by atoms with van der Waals surface area (Å²) < 4.78 is 10.8.